The Balaban J connectivity index is 2.80. The molecule has 0 unspecified atom stereocenters. The highest BCUT2D eigenvalue weighted by Gasteiger charge is 2.25. The van der Waals surface area contributed by atoms with Gasteiger partial charge in [-0.25, -0.2) is 0 Å². The van der Waals surface area contributed by atoms with Crippen LogP contribution < -0.4 is 5.32 Å². The Morgan fingerprint density at radius 2 is 1.89 bits per heavy atom. The molecule has 0 spiro atoms. The van der Waals surface area contributed by atoms with Crippen molar-refractivity contribution >= 4 is 35.1 Å². The fourth-order valence-corrected chi connectivity index (χ4v) is 2.34. The van der Waals surface area contributed by atoms with Crippen molar-refractivity contribution in [2.75, 3.05) is 0 Å². The van der Waals surface area contributed by atoms with Gasteiger partial charge in [-0.2, -0.15) is 0 Å². The normalized spacial score (nSPS) is 11.2. The summed E-state index contributed by atoms with van der Waals surface area (Å²) < 4.78 is 0. The zero-order chi connectivity index (χ0) is 14.6. The molecule has 6 heteroatoms. The first-order valence-corrected chi connectivity index (χ1v) is 6.46. The van der Waals surface area contributed by atoms with Gasteiger partial charge in [0.2, 0.25) is 5.91 Å². The molecule has 0 aliphatic heterocycles. The molecule has 0 atom stereocenters. The van der Waals surface area contributed by atoms with Gasteiger partial charge in [-0.1, -0.05) is 29.3 Å². The predicted molar refractivity (Wildman–Crippen MR) is 74.5 cm³/mol. The summed E-state index contributed by atoms with van der Waals surface area (Å²) in [6, 6.07) is 5.03. The van der Waals surface area contributed by atoms with Gasteiger partial charge in [-0.3, -0.25) is 9.59 Å². The zero-order valence-electron chi connectivity index (χ0n) is 10.7. The van der Waals surface area contributed by atoms with Crippen LogP contribution in [0.2, 0.25) is 10.0 Å². The molecule has 0 heterocycles. The summed E-state index contributed by atoms with van der Waals surface area (Å²) in [5.74, 6) is -1.34. The van der Waals surface area contributed by atoms with E-state index >= 15 is 0 Å². The number of halogens is 2. The van der Waals surface area contributed by atoms with Gasteiger partial charge in [-0.05, 0) is 31.5 Å². The second-order valence-corrected chi connectivity index (χ2v) is 5.53. The molecule has 0 saturated carbocycles. The number of hydrogen-bond acceptors (Lipinski definition) is 2. The Hall–Kier alpha value is -1.26. The molecule has 1 rings (SSSR count). The van der Waals surface area contributed by atoms with Crippen LogP contribution in [0.5, 0.6) is 0 Å². The molecule has 1 aromatic carbocycles. The molecule has 104 valence electrons. The van der Waals surface area contributed by atoms with E-state index < -0.39 is 11.5 Å². The van der Waals surface area contributed by atoms with Crippen molar-refractivity contribution in [3.8, 4) is 0 Å². The minimum atomic E-state index is -1.00. The molecule has 0 aromatic heterocycles. The van der Waals surface area contributed by atoms with Gasteiger partial charge in [-0.15, -0.1) is 0 Å². The van der Waals surface area contributed by atoms with Crippen LogP contribution in [0.25, 0.3) is 0 Å². The number of aliphatic carboxylic acids is 1. The Morgan fingerprint density at radius 3 is 2.42 bits per heavy atom. The van der Waals surface area contributed by atoms with Crippen LogP contribution in [-0.2, 0) is 15.1 Å². The number of carbonyl (C=O) groups is 2. The maximum atomic E-state index is 11.7. The first-order chi connectivity index (χ1) is 8.72. The standard InChI is InChI=1S/C13H15Cl2NO3/c1-13(2,16-11(17)5-6-12(18)19)9-4-3-8(14)7-10(9)15/h3-4,7H,5-6H2,1-2H3,(H,16,17)(H,18,19). The monoisotopic (exact) mass is 303 g/mol. The van der Waals surface area contributed by atoms with Crippen molar-refractivity contribution < 1.29 is 14.7 Å². The Bertz CT molecular complexity index is 501. The first kappa shape index (κ1) is 15.8. The largest absolute Gasteiger partial charge is 0.481 e. The van der Waals surface area contributed by atoms with Gasteiger partial charge < -0.3 is 10.4 Å². The summed E-state index contributed by atoms with van der Waals surface area (Å²) >= 11 is 11.9. The second kappa shape index (κ2) is 6.26. The average Bonchev–Trinajstić information content (AvgIpc) is 2.25. The molecular weight excluding hydrogens is 289 g/mol. The highest BCUT2D eigenvalue weighted by molar-refractivity contribution is 6.35. The third-order valence-corrected chi connectivity index (χ3v) is 3.17. The van der Waals surface area contributed by atoms with Crippen molar-refractivity contribution in [1.82, 2.24) is 5.32 Å². The third kappa shape index (κ3) is 4.73. The van der Waals surface area contributed by atoms with Crippen LogP contribution in [-0.4, -0.2) is 17.0 Å². The van der Waals surface area contributed by atoms with Crippen molar-refractivity contribution in [3.63, 3.8) is 0 Å². The minimum absolute atomic E-state index is 0.0655. The van der Waals surface area contributed by atoms with E-state index in [1.807, 2.05) is 0 Å². The number of rotatable bonds is 5. The topological polar surface area (TPSA) is 66.4 Å². The quantitative estimate of drug-likeness (QED) is 0.878. The minimum Gasteiger partial charge on any atom is -0.481 e. The number of benzene rings is 1. The van der Waals surface area contributed by atoms with Gasteiger partial charge in [0, 0.05) is 16.5 Å². The highest BCUT2D eigenvalue weighted by Crippen LogP contribution is 2.30. The van der Waals surface area contributed by atoms with Gasteiger partial charge in [0.1, 0.15) is 0 Å². The van der Waals surface area contributed by atoms with Crippen molar-refractivity contribution in [2.24, 2.45) is 0 Å². The number of hydrogen-bond donors (Lipinski definition) is 2. The molecule has 0 bridgehead atoms. The fourth-order valence-electron chi connectivity index (χ4n) is 1.70. The van der Waals surface area contributed by atoms with E-state index in [0.717, 1.165) is 5.56 Å². The summed E-state index contributed by atoms with van der Waals surface area (Å²) in [6.45, 7) is 3.58. The van der Waals surface area contributed by atoms with Crippen LogP contribution in [0, 0.1) is 0 Å². The number of amides is 1. The van der Waals surface area contributed by atoms with E-state index in [-0.39, 0.29) is 18.7 Å². The van der Waals surface area contributed by atoms with Crippen molar-refractivity contribution in [3.05, 3.63) is 33.8 Å². The van der Waals surface area contributed by atoms with Crippen molar-refractivity contribution in [2.45, 2.75) is 32.2 Å². The number of carboxylic acids is 1. The molecule has 1 aromatic rings. The molecule has 4 nitrogen and oxygen atoms in total. The van der Waals surface area contributed by atoms with Gasteiger partial charge in [0.25, 0.3) is 0 Å². The summed E-state index contributed by atoms with van der Waals surface area (Å²) in [5.41, 5.74) is 0.0271. The lowest BCUT2D eigenvalue weighted by molar-refractivity contribution is -0.139. The highest BCUT2D eigenvalue weighted by atomic mass is 35.5. The summed E-state index contributed by atoms with van der Waals surface area (Å²) in [6.07, 6.45) is -0.264. The van der Waals surface area contributed by atoms with Gasteiger partial charge in [0.15, 0.2) is 0 Å². The maximum Gasteiger partial charge on any atom is 0.303 e. The molecule has 19 heavy (non-hydrogen) atoms. The molecule has 0 saturated heterocycles. The average molecular weight is 304 g/mol. The van der Waals surface area contributed by atoms with Gasteiger partial charge >= 0.3 is 5.97 Å². The van der Waals surface area contributed by atoms with E-state index in [0.29, 0.717) is 10.0 Å². The van der Waals surface area contributed by atoms with E-state index in [4.69, 9.17) is 28.3 Å². The lowest BCUT2D eigenvalue weighted by Crippen LogP contribution is -2.41. The summed E-state index contributed by atoms with van der Waals surface area (Å²) in [5, 5.41) is 12.3. The number of carboxylic acid groups (broad SMARTS) is 1. The molecule has 0 radical (unpaired) electrons. The molecule has 0 aliphatic carbocycles. The smallest absolute Gasteiger partial charge is 0.303 e. The molecule has 0 aliphatic rings. The maximum absolute atomic E-state index is 11.7. The molecule has 2 N–H and O–H groups in total. The lowest BCUT2D eigenvalue weighted by atomic mass is 9.94. The number of nitrogens with one attached hydrogen (secondary N) is 1. The van der Waals surface area contributed by atoms with Gasteiger partial charge in [0.05, 0.1) is 12.0 Å². The fraction of sp³-hybridized carbons (Fsp3) is 0.385. The van der Waals surface area contributed by atoms with E-state index in [2.05, 4.69) is 5.32 Å². The predicted octanol–water partition coefficient (Wildman–Crippen LogP) is 3.21. The van der Waals surface area contributed by atoms with Crippen molar-refractivity contribution in [1.29, 1.82) is 0 Å². The Morgan fingerprint density at radius 1 is 1.26 bits per heavy atom. The lowest BCUT2D eigenvalue weighted by Gasteiger charge is -2.28. The van der Waals surface area contributed by atoms with E-state index in [1.54, 1.807) is 32.0 Å². The number of carbonyl (C=O) groups excluding carboxylic acids is 1. The van der Waals surface area contributed by atoms with Crippen LogP contribution in [0.4, 0.5) is 0 Å². The first-order valence-electron chi connectivity index (χ1n) is 5.70. The second-order valence-electron chi connectivity index (χ2n) is 4.69. The summed E-state index contributed by atoms with van der Waals surface area (Å²) in [4.78, 5) is 22.1. The van der Waals surface area contributed by atoms with Crippen LogP contribution >= 0.6 is 23.2 Å². The van der Waals surface area contributed by atoms with Crippen LogP contribution in [0.15, 0.2) is 18.2 Å². The molecule has 1 amide bonds. The Labute approximate surface area is 121 Å². The third-order valence-electron chi connectivity index (χ3n) is 2.62. The SMILES string of the molecule is CC(C)(NC(=O)CCC(=O)O)c1ccc(Cl)cc1Cl. The Kier molecular flexibility index (Phi) is 5.20. The summed E-state index contributed by atoms with van der Waals surface area (Å²) in [7, 11) is 0. The zero-order valence-corrected chi connectivity index (χ0v) is 12.2. The van der Waals surface area contributed by atoms with Crippen LogP contribution in [0.1, 0.15) is 32.3 Å². The molecule has 0 fully saturated rings. The van der Waals surface area contributed by atoms with E-state index in [1.165, 1.54) is 0 Å². The van der Waals surface area contributed by atoms with E-state index in [9.17, 15) is 9.59 Å². The molecular formula is C13H15Cl2NO3. The van der Waals surface area contributed by atoms with Crippen LogP contribution in [0.3, 0.4) is 0 Å².